The molecule has 2 bridgehead atoms. The lowest BCUT2D eigenvalue weighted by molar-refractivity contribution is 0.0498. The second-order valence-electron chi connectivity index (χ2n) is 6.83. The normalized spacial score (nSPS) is 47.3. The molecule has 0 aliphatic carbocycles. The third-order valence-electron chi connectivity index (χ3n) is 5.94. The van der Waals surface area contributed by atoms with Gasteiger partial charge in [0.15, 0.2) is 0 Å². The van der Waals surface area contributed by atoms with E-state index in [4.69, 9.17) is 0 Å². The summed E-state index contributed by atoms with van der Waals surface area (Å²) >= 11 is 0. The number of fused-ring (bicyclic) bond motifs is 6. The van der Waals surface area contributed by atoms with Crippen molar-refractivity contribution in [3.8, 4) is 0 Å². The van der Waals surface area contributed by atoms with Crippen LogP contribution in [0.2, 0.25) is 0 Å². The molecular formula is C15H26N2. The average molecular weight is 234 g/mol. The number of nitrogens with zero attached hydrogens (tertiary/aromatic N) is 2. The average Bonchev–Trinajstić information content (AvgIpc) is 2.59. The molecule has 0 saturated carbocycles. The van der Waals surface area contributed by atoms with Crippen molar-refractivity contribution in [2.45, 2.75) is 69.5 Å². The maximum Gasteiger partial charge on any atom is 0.0139 e. The van der Waals surface area contributed by atoms with Crippen LogP contribution in [0.3, 0.4) is 0 Å². The van der Waals surface area contributed by atoms with Crippen LogP contribution in [0.4, 0.5) is 0 Å². The van der Waals surface area contributed by atoms with Crippen molar-refractivity contribution in [1.82, 2.24) is 9.80 Å². The molecule has 4 fully saturated rings. The van der Waals surface area contributed by atoms with Gasteiger partial charge in [-0.2, -0.15) is 0 Å². The Bertz CT molecular complexity index is 263. The van der Waals surface area contributed by atoms with Crippen LogP contribution in [0.1, 0.15) is 51.4 Å². The van der Waals surface area contributed by atoms with Crippen LogP contribution in [-0.2, 0) is 0 Å². The van der Waals surface area contributed by atoms with E-state index in [9.17, 15) is 0 Å². The Balaban J connectivity index is 1.57. The highest BCUT2D eigenvalue weighted by Crippen LogP contribution is 2.42. The molecule has 0 radical (unpaired) electrons. The van der Waals surface area contributed by atoms with Crippen LogP contribution >= 0.6 is 0 Å². The summed E-state index contributed by atoms with van der Waals surface area (Å²) in [7, 11) is 0. The van der Waals surface area contributed by atoms with Crippen molar-refractivity contribution in [2.75, 3.05) is 19.6 Å². The van der Waals surface area contributed by atoms with Gasteiger partial charge in [-0.3, -0.25) is 9.80 Å². The molecule has 2 nitrogen and oxygen atoms in total. The summed E-state index contributed by atoms with van der Waals surface area (Å²) in [5, 5.41) is 0. The van der Waals surface area contributed by atoms with E-state index in [1.165, 1.54) is 71.0 Å². The lowest BCUT2D eigenvalue weighted by Gasteiger charge is -2.44. The van der Waals surface area contributed by atoms with Crippen LogP contribution in [0.25, 0.3) is 0 Å². The van der Waals surface area contributed by atoms with Gasteiger partial charge < -0.3 is 0 Å². The summed E-state index contributed by atoms with van der Waals surface area (Å²) in [6.45, 7) is 4.25. The monoisotopic (exact) mass is 234 g/mol. The van der Waals surface area contributed by atoms with Gasteiger partial charge in [-0.1, -0.05) is 12.8 Å². The highest BCUT2D eigenvalue weighted by Gasteiger charge is 2.46. The van der Waals surface area contributed by atoms with Gasteiger partial charge in [-0.05, 0) is 57.5 Å². The molecule has 4 heterocycles. The first-order valence-corrected chi connectivity index (χ1v) is 7.91. The van der Waals surface area contributed by atoms with Gasteiger partial charge in [-0.25, -0.2) is 0 Å². The quantitative estimate of drug-likeness (QED) is 0.635. The molecule has 0 amide bonds. The maximum atomic E-state index is 2.92. The first kappa shape index (κ1) is 10.8. The van der Waals surface area contributed by atoms with Crippen LogP contribution in [0, 0.1) is 5.92 Å². The van der Waals surface area contributed by atoms with E-state index in [-0.39, 0.29) is 0 Å². The van der Waals surface area contributed by atoms with E-state index in [1.54, 1.807) is 0 Å². The van der Waals surface area contributed by atoms with Crippen LogP contribution in [-0.4, -0.2) is 47.6 Å². The van der Waals surface area contributed by atoms with Gasteiger partial charge in [0.05, 0.1) is 0 Å². The fourth-order valence-electron chi connectivity index (χ4n) is 5.19. The zero-order chi connectivity index (χ0) is 11.2. The molecule has 4 saturated heterocycles. The van der Waals surface area contributed by atoms with Crippen molar-refractivity contribution in [3.63, 3.8) is 0 Å². The molecule has 0 spiro atoms. The molecule has 96 valence electrons. The predicted molar refractivity (Wildman–Crippen MR) is 70.1 cm³/mol. The highest BCUT2D eigenvalue weighted by atomic mass is 15.3. The smallest absolute Gasteiger partial charge is 0.0139 e. The van der Waals surface area contributed by atoms with Crippen molar-refractivity contribution in [1.29, 1.82) is 0 Å². The maximum absolute atomic E-state index is 2.92. The number of hydrogen-bond donors (Lipinski definition) is 0. The molecule has 0 aromatic rings. The first-order chi connectivity index (χ1) is 8.42. The fourth-order valence-corrected chi connectivity index (χ4v) is 5.19. The minimum absolute atomic E-state index is 0.946. The Morgan fingerprint density at radius 1 is 0.765 bits per heavy atom. The summed E-state index contributed by atoms with van der Waals surface area (Å²) in [5.74, 6) is 1.02. The van der Waals surface area contributed by atoms with Crippen molar-refractivity contribution < 1.29 is 0 Å². The molecule has 4 aliphatic rings. The lowest BCUT2D eigenvalue weighted by Crippen LogP contribution is -2.50. The second kappa shape index (κ2) is 4.24. The minimum Gasteiger partial charge on any atom is -0.300 e. The second-order valence-corrected chi connectivity index (χ2v) is 6.83. The summed E-state index contributed by atoms with van der Waals surface area (Å²) in [5.41, 5.74) is 0. The van der Waals surface area contributed by atoms with Crippen LogP contribution < -0.4 is 0 Å². The molecule has 4 atom stereocenters. The number of rotatable bonds is 0. The van der Waals surface area contributed by atoms with Crippen LogP contribution in [0.15, 0.2) is 0 Å². The molecule has 2 heteroatoms. The van der Waals surface area contributed by atoms with Crippen molar-refractivity contribution in [2.24, 2.45) is 5.92 Å². The molecule has 17 heavy (non-hydrogen) atoms. The first-order valence-electron chi connectivity index (χ1n) is 7.91. The Kier molecular flexibility index (Phi) is 2.69. The Morgan fingerprint density at radius 3 is 2.65 bits per heavy atom. The zero-order valence-electron chi connectivity index (χ0n) is 11.0. The summed E-state index contributed by atoms with van der Waals surface area (Å²) in [6, 6.07) is 2.87. The van der Waals surface area contributed by atoms with E-state index in [2.05, 4.69) is 9.80 Å². The van der Waals surface area contributed by atoms with Crippen LogP contribution in [0.5, 0.6) is 0 Å². The minimum atomic E-state index is 0.946. The van der Waals surface area contributed by atoms with Gasteiger partial charge in [0, 0.05) is 24.7 Å². The van der Waals surface area contributed by atoms with E-state index in [0.29, 0.717) is 0 Å². The topological polar surface area (TPSA) is 6.48 Å². The SMILES string of the molecule is C1CCN2C[C@@H]3C[C@@H](C[C@H]2C1)N1CCCC[C@@H]31. The number of piperidine rings is 2. The summed E-state index contributed by atoms with van der Waals surface area (Å²) < 4.78 is 0. The third-order valence-corrected chi connectivity index (χ3v) is 5.94. The Morgan fingerprint density at radius 2 is 1.65 bits per heavy atom. The predicted octanol–water partition coefficient (Wildman–Crippen LogP) is 2.49. The molecule has 0 N–H and O–H groups in total. The fraction of sp³-hybridized carbons (Fsp3) is 1.00. The van der Waals surface area contributed by atoms with Gasteiger partial charge in [-0.15, -0.1) is 0 Å². The Labute approximate surface area is 105 Å². The third kappa shape index (κ3) is 1.76. The molecule has 0 aromatic carbocycles. The van der Waals surface area contributed by atoms with Gasteiger partial charge >= 0.3 is 0 Å². The van der Waals surface area contributed by atoms with E-state index >= 15 is 0 Å². The molecule has 4 rings (SSSR count). The van der Waals surface area contributed by atoms with E-state index in [1.807, 2.05) is 0 Å². The van der Waals surface area contributed by atoms with E-state index < -0.39 is 0 Å². The Hall–Kier alpha value is -0.0800. The van der Waals surface area contributed by atoms with Gasteiger partial charge in [0.2, 0.25) is 0 Å². The van der Waals surface area contributed by atoms with E-state index in [0.717, 1.165) is 24.0 Å². The molecule has 4 aliphatic heterocycles. The molecule has 0 aromatic heterocycles. The summed E-state index contributed by atoms with van der Waals surface area (Å²) in [4.78, 5) is 5.78. The standard InChI is InChI=1S/C15H26N2/c1-3-7-16-11-12-9-14(10-13(16)5-1)17-8-4-2-6-15(12)17/h12-15H,1-11H2/t12-,13+,14-,15-/m0/s1. The molecule has 0 unspecified atom stereocenters. The summed E-state index contributed by atoms with van der Waals surface area (Å²) in [6.07, 6.45) is 11.9. The largest absolute Gasteiger partial charge is 0.300 e. The highest BCUT2D eigenvalue weighted by molar-refractivity contribution is 5.01. The van der Waals surface area contributed by atoms with Crippen molar-refractivity contribution >= 4 is 0 Å². The van der Waals surface area contributed by atoms with Crippen molar-refractivity contribution in [3.05, 3.63) is 0 Å². The van der Waals surface area contributed by atoms with Gasteiger partial charge in [0.25, 0.3) is 0 Å². The number of hydrogen-bond acceptors (Lipinski definition) is 2. The van der Waals surface area contributed by atoms with Gasteiger partial charge in [0.1, 0.15) is 0 Å². The zero-order valence-corrected chi connectivity index (χ0v) is 11.0. The lowest BCUT2D eigenvalue weighted by atomic mass is 9.91. The molecular weight excluding hydrogens is 208 g/mol.